The number of hydrazine groups is 2. The van der Waals surface area contributed by atoms with Crippen molar-refractivity contribution in [2.45, 2.75) is 12.8 Å². The van der Waals surface area contributed by atoms with Gasteiger partial charge in [0.2, 0.25) is 0 Å². The van der Waals surface area contributed by atoms with Gasteiger partial charge in [-0.1, -0.05) is 0 Å². The van der Waals surface area contributed by atoms with Crippen molar-refractivity contribution in [3.8, 4) is 11.5 Å². The molecule has 0 fully saturated rings. The zero-order chi connectivity index (χ0) is 14.8. The van der Waals surface area contributed by atoms with Crippen LogP contribution < -0.4 is 32.0 Å². The monoisotopic (exact) mass is 282 g/mol. The minimum atomic E-state index is -0.401. The number of ether oxygens (including phenoxy) is 2. The summed E-state index contributed by atoms with van der Waals surface area (Å²) in [6.45, 7) is 0.674. The van der Waals surface area contributed by atoms with Crippen LogP contribution in [0, 0.1) is 0 Å². The van der Waals surface area contributed by atoms with E-state index in [0.29, 0.717) is 24.6 Å². The third kappa shape index (κ3) is 6.25. The molecule has 8 nitrogen and oxygen atoms in total. The number of esters is 2. The lowest BCUT2D eigenvalue weighted by molar-refractivity contribution is -0.135. The van der Waals surface area contributed by atoms with Gasteiger partial charge >= 0.3 is 11.9 Å². The molecule has 0 aliphatic heterocycles. The van der Waals surface area contributed by atoms with Crippen molar-refractivity contribution < 1.29 is 19.1 Å². The lowest BCUT2D eigenvalue weighted by atomic mass is 10.3. The number of carbonyl (C=O) groups excluding carboxylic acids is 2. The van der Waals surface area contributed by atoms with E-state index in [0.717, 1.165) is 0 Å². The van der Waals surface area contributed by atoms with Crippen LogP contribution in [0.25, 0.3) is 0 Å². The quantitative estimate of drug-likeness (QED) is 0.211. The first-order valence-electron chi connectivity index (χ1n) is 6.04. The van der Waals surface area contributed by atoms with Gasteiger partial charge in [-0.25, -0.2) is 0 Å². The van der Waals surface area contributed by atoms with E-state index in [4.69, 9.17) is 21.2 Å². The number of carbonyl (C=O) groups is 2. The van der Waals surface area contributed by atoms with Gasteiger partial charge < -0.3 is 9.47 Å². The molecule has 0 saturated carbocycles. The van der Waals surface area contributed by atoms with Gasteiger partial charge in [-0.3, -0.25) is 32.1 Å². The summed E-state index contributed by atoms with van der Waals surface area (Å²) in [6.07, 6.45) is 0.332. The molecular formula is C12H18N4O4. The Hall–Kier alpha value is -2.00. The lowest BCUT2D eigenvalue weighted by Gasteiger charge is -2.06. The van der Waals surface area contributed by atoms with E-state index >= 15 is 0 Å². The highest BCUT2D eigenvalue weighted by molar-refractivity contribution is 5.73. The third-order valence-corrected chi connectivity index (χ3v) is 2.23. The molecule has 0 aliphatic carbocycles. The Morgan fingerprint density at radius 2 is 1.20 bits per heavy atom. The molecule has 1 aromatic carbocycles. The Bertz CT molecular complexity index is 395. The minimum absolute atomic E-state index is 0.166. The highest BCUT2D eigenvalue weighted by Gasteiger charge is 2.06. The molecule has 0 saturated heterocycles. The standard InChI is InChI=1S/C12H18N4O4/c13-15-7-5-11(17)19-9-1-2-10(4-3-9)20-12(18)6-8-16-14/h1-4,15-16H,5-8,13-14H2. The van der Waals surface area contributed by atoms with E-state index in [1.165, 1.54) is 24.3 Å². The second-order valence-electron chi connectivity index (χ2n) is 3.83. The highest BCUT2D eigenvalue weighted by atomic mass is 16.5. The topological polar surface area (TPSA) is 129 Å². The smallest absolute Gasteiger partial charge is 0.312 e. The number of hydrogen-bond donors (Lipinski definition) is 4. The second-order valence-corrected chi connectivity index (χ2v) is 3.83. The first kappa shape index (κ1) is 16.1. The Balaban J connectivity index is 2.43. The normalized spacial score (nSPS) is 10.1. The van der Waals surface area contributed by atoms with Gasteiger partial charge in [-0.15, -0.1) is 0 Å². The third-order valence-electron chi connectivity index (χ3n) is 2.23. The molecule has 1 aromatic rings. The fourth-order valence-electron chi connectivity index (χ4n) is 1.29. The molecule has 0 amide bonds. The van der Waals surface area contributed by atoms with Crippen LogP contribution in [-0.4, -0.2) is 25.0 Å². The molecule has 8 heteroatoms. The van der Waals surface area contributed by atoms with Crippen molar-refractivity contribution in [2.75, 3.05) is 13.1 Å². The molecule has 1 rings (SSSR count). The maximum Gasteiger partial charge on any atom is 0.312 e. The maximum absolute atomic E-state index is 11.3. The predicted octanol–water partition coefficient (Wildman–Crippen LogP) is -0.796. The summed E-state index contributed by atoms with van der Waals surface area (Å²) in [4.78, 5) is 22.7. The van der Waals surface area contributed by atoms with Gasteiger partial charge in [-0.05, 0) is 24.3 Å². The van der Waals surface area contributed by atoms with Crippen molar-refractivity contribution >= 4 is 11.9 Å². The van der Waals surface area contributed by atoms with Crippen LogP contribution in [0.3, 0.4) is 0 Å². The van der Waals surface area contributed by atoms with Crippen LogP contribution in [0.5, 0.6) is 11.5 Å². The molecule has 0 unspecified atom stereocenters. The van der Waals surface area contributed by atoms with Crippen molar-refractivity contribution in [3.05, 3.63) is 24.3 Å². The van der Waals surface area contributed by atoms with E-state index in [-0.39, 0.29) is 12.8 Å². The largest absolute Gasteiger partial charge is 0.426 e. The summed E-state index contributed by atoms with van der Waals surface area (Å²) in [5.74, 6) is 10.0. The summed E-state index contributed by atoms with van der Waals surface area (Å²) >= 11 is 0. The van der Waals surface area contributed by atoms with Crippen LogP contribution in [0.2, 0.25) is 0 Å². The van der Waals surface area contributed by atoms with E-state index in [1.807, 2.05) is 0 Å². The van der Waals surface area contributed by atoms with Gasteiger partial charge in [0.1, 0.15) is 11.5 Å². The molecule has 0 bridgehead atoms. The zero-order valence-electron chi connectivity index (χ0n) is 10.9. The average Bonchev–Trinajstić information content (AvgIpc) is 2.45. The van der Waals surface area contributed by atoms with Gasteiger partial charge in [0.25, 0.3) is 0 Å². The summed E-state index contributed by atoms with van der Waals surface area (Å²) in [5.41, 5.74) is 4.72. The van der Waals surface area contributed by atoms with Gasteiger partial charge in [0.15, 0.2) is 0 Å². The van der Waals surface area contributed by atoms with E-state index in [2.05, 4.69) is 10.9 Å². The molecule has 0 spiro atoms. The first-order valence-corrected chi connectivity index (χ1v) is 6.04. The Labute approximate surface area is 116 Å². The maximum atomic E-state index is 11.3. The van der Waals surface area contributed by atoms with Crippen molar-refractivity contribution in [3.63, 3.8) is 0 Å². The molecule has 0 radical (unpaired) electrons. The summed E-state index contributed by atoms with van der Waals surface area (Å²) in [7, 11) is 0. The Morgan fingerprint density at radius 1 is 0.850 bits per heavy atom. The summed E-state index contributed by atoms with van der Waals surface area (Å²) in [5, 5.41) is 0. The number of nitrogens with two attached hydrogens (primary N) is 2. The van der Waals surface area contributed by atoms with Crippen LogP contribution in [0.15, 0.2) is 24.3 Å². The fourth-order valence-corrected chi connectivity index (χ4v) is 1.29. The molecule has 20 heavy (non-hydrogen) atoms. The fraction of sp³-hybridized carbons (Fsp3) is 0.333. The minimum Gasteiger partial charge on any atom is -0.426 e. The number of hydrogen-bond acceptors (Lipinski definition) is 8. The van der Waals surface area contributed by atoms with E-state index < -0.39 is 11.9 Å². The second kappa shape index (κ2) is 8.99. The van der Waals surface area contributed by atoms with Gasteiger partial charge in [-0.2, -0.15) is 0 Å². The molecule has 0 atom stereocenters. The molecule has 0 heterocycles. The van der Waals surface area contributed by atoms with E-state index in [9.17, 15) is 9.59 Å². The molecule has 110 valence electrons. The van der Waals surface area contributed by atoms with Crippen molar-refractivity contribution in [2.24, 2.45) is 11.7 Å². The van der Waals surface area contributed by atoms with Crippen LogP contribution in [-0.2, 0) is 9.59 Å². The summed E-state index contributed by atoms with van der Waals surface area (Å²) < 4.78 is 10.1. The molecule has 0 aliphatic rings. The molecular weight excluding hydrogens is 264 g/mol. The van der Waals surface area contributed by atoms with Gasteiger partial charge in [0.05, 0.1) is 12.8 Å². The van der Waals surface area contributed by atoms with Gasteiger partial charge in [0, 0.05) is 13.1 Å². The number of nitrogens with one attached hydrogen (secondary N) is 2. The molecule has 0 aromatic heterocycles. The van der Waals surface area contributed by atoms with Crippen molar-refractivity contribution in [1.82, 2.24) is 10.9 Å². The number of benzene rings is 1. The Kier molecular flexibility index (Phi) is 7.22. The number of rotatable bonds is 8. The Morgan fingerprint density at radius 3 is 1.50 bits per heavy atom. The molecule has 6 N–H and O–H groups in total. The average molecular weight is 282 g/mol. The first-order chi connectivity index (χ1) is 9.65. The lowest BCUT2D eigenvalue weighted by Crippen LogP contribution is -2.26. The van der Waals surface area contributed by atoms with Crippen LogP contribution in [0.4, 0.5) is 0 Å². The van der Waals surface area contributed by atoms with E-state index in [1.54, 1.807) is 0 Å². The SMILES string of the molecule is NNCCC(=O)Oc1ccc(OC(=O)CCNN)cc1. The predicted molar refractivity (Wildman–Crippen MR) is 71.3 cm³/mol. The van der Waals surface area contributed by atoms with Crippen LogP contribution >= 0.6 is 0 Å². The highest BCUT2D eigenvalue weighted by Crippen LogP contribution is 2.18. The summed E-state index contributed by atoms with van der Waals surface area (Å²) in [6, 6.07) is 6.16. The van der Waals surface area contributed by atoms with Crippen molar-refractivity contribution in [1.29, 1.82) is 0 Å². The van der Waals surface area contributed by atoms with Crippen LogP contribution in [0.1, 0.15) is 12.8 Å². The zero-order valence-corrected chi connectivity index (χ0v) is 10.9.